The molecular weight excluding hydrogens is 995 g/mol. The number of benzene rings is 5. The number of carbonyl (C=O) groups excluding carboxylic acids is 4. The molecule has 2 aliphatic rings. The Hall–Kier alpha value is -6.77. The molecule has 1 unspecified atom stereocenters. The van der Waals surface area contributed by atoms with Crippen molar-refractivity contribution in [3.05, 3.63) is 207 Å². The fourth-order valence-corrected chi connectivity index (χ4v) is 13.0. The first-order valence-electron chi connectivity index (χ1n) is 22.2. The lowest BCUT2D eigenvalue weighted by Gasteiger charge is -2.49. The minimum atomic E-state index is -1.38. The highest BCUT2D eigenvalue weighted by molar-refractivity contribution is 8.18. The minimum absolute atomic E-state index is 0.0604. The number of oxime groups is 1. The van der Waals surface area contributed by atoms with Crippen molar-refractivity contribution < 1.29 is 33.5 Å². The number of nitrogens with one attached hydrogen (secondary N) is 2. The Morgan fingerprint density at radius 2 is 1.35 bits per heavy atom. The van der Waals surface area contributed by atoms with Crippen molar-refractivity contribution in [2.45, 2.75) is 53.8 Å². The maximum Gasteiger partial charge on any atom is 0.413 e. The van der Waals surface area contributed by atoms with E-state index >= 15 is 0 Å². The quantitative estimate of drug-likeness (QED) is 0.0168. The Morgan fingerprint density at radius 3 is 1.89 bits per heavy atom. The lowest BCUT2D eigenvalue weighted by molar-refractivity contribution is -0.154. The van der Waals surface area contributed by atoms with Crippen molar-refractivity contribution in [2.75, 3.05) is 16.2 Å². The SMILES string of the molecule is CC(C)(C)OC(=O)Nc1nc(/C(=N/OC(c2ccccc2)(c2ccccc2)c2ccccc2)C(=O)NC2C(=O)N3C(C(=O)OC(c4ccccc4)c4ccccc4)=C(SCSc4nncs4)CS[C@H]23)cs1. The summed E-state index contributed by atoms with van der Waals surface area (Å²) in [5.41, 5.74) is 3.06. The number of carbonyl (C=O) groups is 4. The number of thioether (sulfide) groups is 3. The summed E-state index contributed by atoms with van der Waals surface area (Å²) in [5.74, 6) is -1.64. The molecule has 14 nitrogen and oxygen atoms in total. The van der Waals surface area contributed by atoms with Crippen LogP contribution in [0.2, 0.25) is 0 Å². The molecule has 0 radical (unpaired) electrons. The Balaban J connectivity index is 1.05. The van der Waals surface area contributed by atoms with Gasteiger partial charge in [-0.2, -0.15) is 0 Å². The zero-order valence-electron chi connectivity index (χ0n) is 38.4. The van der Waals surface area contributed by atoms with Gasteiger partial charge in [0.05, 0.1) is 5.08 Å². The summed E-state index contributed by atoms with van der Waals surface area (Å²) in [6, 6.07) is 46.3. The van der Waals surface area contributed by atoms with E-state index in [1.165, 1.54) is 51.5 Å². The molecule has 2 aromatic heterocycles. The average molecular weight is 1040 g/mol. The topological polar surface area (TPSA) is 174 Å². The molecule has 360 valence electrons. The molecule has 0 spiro atoms. The van der Waals surface area contributed by atoms with Gasteiger partial charge in [-0.25, -0.2) is 14.6 Å². The highest BCUT2D eigenvalue weighted by atomic mass is 32.2. The Labute approximate surface area is 430 Å². The maximum absolute atomic E-state index is 14.9. The smallest absolute Gasteiger partial charge is 0.413 e. The Morgan fingerprint density at radius 1 is 0.789 bits per heavy atom. The number of rotatable bonds is 17. The third-order valence-electron chi connectivity index (χ3n) is 11.0. The number of fused-ring (bicyclic) bond motifs is 1. The van der Waals surface area contributed by atoms with E-state index < -0.39 is 52.6 Å². The number of hydrogen-bond acceptors (Lipinski definition) is 16. The highest BCUT2D eigenvalue weighted by Gasteiger charge is 2.55. The van der Waals surface area contributed by atoms with Gasteiger partial charge in [-0.1, -0.05) is 180 Å². The van der Waals surface area contributed by atoms with Crippen LogP contribution in [0.3, 0.4) is 0 Å². The van der Waals surface area contributed by atoms with Crippen LogP contribution in [0.15, 0.2) is 183 Å². The van der Waals surface area contributed by atoms with E-state index in [2.05, 4.69) is 31.0 Å². The molecule has 19 heteroatoms. The van der Waals surface area contributed by atoms with E-state index in [-0.39, 0.29) is 22.2 Å². The number of ether oxygens (including phenoxy) is 2. The second-order valence-electron chi connectivity index (χ2n) is 16.8. The largest absolute Gasteiger partial charge is 0.448 e. The van der Waals surface area contributed by atoms with E-state index in [1.807, 2.05) is 152 Å². The lowest BCUT2D eigenvalue weighted by atomic mass is 9.80. The summed E-state index contributed by atoms with van der Waals surface area (Å²) in [5, 5.41) is 19.8. The summed E-state index contributed by atoms with van der Waals surface area (Å²) in [6.45, 7) is 5.23. The molecule has 2 atom stereocenters. The normalized spacial score (nSPS) is 15.9. The van der Waals surface area contributed by atoms with E-state index in [4.69, 9.17) is 14.3 Å². The van der Waals surface area contributed by atoms with Crippen molar-refractivity contribution >= 4 is 92.7 Å². The average Bonchev–Trinajstić information content (AvgIpc) is 4.09. The first-order valence-corrected chi connectivity index (χ1v) is 27.0. The predicted molar refractivity (Wildman–Crippen MR) is 280 cm³/mol. The van der Waals surface area contributed by atoms with Crippen LogP contribution in [0.25, 0.3) is 0 Å². The predicted octanol–water partition coefficient (Wildman–Crippen LogP) is 10.5. The zero-order valence-corrected chi connectivity index (χ0v) is 42.5. The number of β-lactam (4-membered cyclic amide) rings is 1. The Kier molecular flexibility index (Phi) is 15.3. The second-order valence-corrected chi connectivity index (χ2v) is 22.3. The molecule has 3 amide bonds. The molecule has 9 rings (SSSR count). The van der Waals surface area contributed by atoms with Crippen LogP contribution in [-0.4, -0.2) is 77.5 Å². The van der Waals surface area contributed by atoms with Gasteiger partial charge >= 0.3 is 12.1 Å². The maximum atomic E-state index is 14.9. The fourth-order valence-electron chi connectivity index (χ4n) is 7.85. The third kappa shape index (κ3) is 11.2. The summed E-state index contributed by atoms with van der Waals surface area (Å²) >= 11 is 6.77. The van der Waals surface area contributed by atoms with E-state index in [0.29, 0.717) is 15.7 Å². The summed E-state index contributed by atoms with van der Waals surface area (Å²) in [6.07, 6.45) is -1.51. The number of esters is 1. The van der Waals surface area contributed by atoms with Crippen LogP contribution < -0.4 is 10.6 Å². The molecule has 0 bridgehead atoms. The number of thiazole rings is 1. The molecule has 0 saturated carbocycles. The van der Waals surface area contributed by atoms with Crippen molar-refractivity contribution in [1.82, 2.24) is 25.4 Å². The molecule has 2 aliphatic heterocycles. The minimum Gasteiger partial charge on any atom is -0.448 e. The number of amides is 3. The number of aromatic nitrogens is 3. The fraction of sp³-hybridized carbons (Fsp3) is 0.192. The molecule has 7 aromatic rings. The lowest BCUT2D eigenvalue weighted by Crippen LogP contribution is -2.71. The zero-order chi connectivity index (χ0) is 49.4. The standard InChI is InChI=1S/C52H45N7O7S5/c1-51(2,3)65-49(63)56-48-54-38(29-68-48)40(58-66-52(35-23-13-6-14-24-35,36-25-15-7-16-26-36)37-27-17-8-18-28-37)44(60)55-41-45(61)59-42(39(30-67-46(41)59)70-32-71-50-57-53-31-69-50)47(62)64-43(33-19-9-4-10-20-33)34-21-11-5-12-22-34/h4-29,31,41,43,46H,30,32H2,1-3H3,(H,55,60)(H,54,56,63)/b58-40-/t41?,46-/m1/s1. The van der Waals surface area contributed by atoms with Crippen LogP contribution >= 0.6 is 58.0 Å². The second kappa shape index (κ2) is 22.1. The number of nitrogens with zero attached hydrogens (tertiary/aromatic N) is 5. The van der Waals surface area contributed by atoms with Gasteiger partial charge in [0.15, 0.2) is 21.3 Å². The van der Waals surface area contributed by atoms with Gasteiger partial charge in [0.1, 0.15) is 33.9 Å². The van der Waals surface area contributed by atoms with Crippen LogP contribution in [0.1, 0.15) is 60.4 Å². The van der Waals surface area contributed by atoms with Crippen molar-refractivity contribution in [2.24, 2.45) is 5.16 Å². The van der Waals surface area contributed by atoms with Gasteiger partial charge in [0.25, 0.3) is 11.8 Å². The van der Waals surface area contributed by atoms with Crippen molar-refractivity contribution in [3.8, 4) is 0 Å². The monoisotopic (exact) mass is 1040 g/mol. The van der Waals surface area contributed by atoms with Gasteiger partial charge in [0, 0.05) is 32.7 Å². The first-order chi connectivity index (χ1) is 34.5. The van der Waals surface area contributed by atoms with Crippen molar-refractivity contribution in [1.29, 1.82) is 0 Å². The van der Waals surface area contributed by atoms with Gasteiger partial charge in [-0.15, -0.1) is 45.1 Å². The van der Waals surface area contributed by atoms with Crippen LogP contribution in [0.4, 0.5) is 9.93 Å². The number of hydrogen-bond donors (Lipinski definition) is 2. The molecule has 71 heavy (non-hydrogen) atoms. The Bertz CT molecular complexity index is 2900. The molecule has 5 aromatic carbocycles. The summed E-state index contributed by atoms with van der Waals surface area (Å²) in [4.78, 5) is 70.6. The van der Waals surface area contributed by atoms with Crippen molar-refractivity contribution in [3.63, 3.8) is 0 Å². The van der Waals surface area contributed by atoms with E-state index in [1.54, 1.807) is 31.7 Å². The number of anilines is 1. The van der Waals surface area contributed by atoms with Crippen LogP contribution in [0, 0.1) is 0 Å². The van der Waals surface area contributed by atoms with E-state index in [9.17, 15) is 19.2 Å². The van der Waals surface area contributed by atoms with Gasteiger partial charge in [0.2, 0.25) is 5.60 Å². The highest BCUT2D eigenvalue weighted by Crippen LogP contribution is 2.46. The molecule has 4 heterocycles. The third-order valence-corrected chi connectivity index (χ3v) is 16.3. The molecule has 0 aliphatic carbocycles. The molecule has 1 saturated heterocycles. The van der Waals surface area contributed by atoms with E-state index in [0.717, 1.165) is 43.5 Å². The summed E-state index contributed by atoms with van der Waals surface area (Å²) in [7, 11) is 0. The van der Waals surface area contributed by atoms with Crippen LogP contribution in [0.5, 0.6) is 0 Å². The first kappa shape index (κ1) is 49.2. The molecular formula is C52H45N7O7S5. The van der Waals surface area contributed by atoms with Gasteiger partial charge in [-0.05, 0) is 31.9 Å². The van der Waals surface area contributed by atoms with Gasteiger partial charge < -0.3 is 19.6 Å². The van der Waals surface area contributed by atoms with Gasteiger partial charge in [-0.3, -0.25) is 19.8 Å². The summed E-state index contributed by atoms with van der Waals surface area (Å²) < 4.78 is 12.6. The molecule has 1 fully saturated rings. The van der Waals surface area contributed by atoms with Crippen LogP contribution in [-0.2, 0) is 34.3 Å². The molecule has 2 N–H and O–H groups in total.